The second-order valence-electron chi connectivity index (χ2n) is 6.78. The summed E-state index contributed by atoms with van der Waals surface area (Å²) in [7, 11) is 0. The summed E-state index contributed by atoms with van der Waals surface area (Å²) in [5.74, 6) is 0. The van der Waals surface area contributed by atoms with E-state index < -0.39 is 0 Å². The molecule has 33 heavy (non-hydrogen) atoms. The fraction of sp³-hybridized carbons (Fsp3) is 0. The van der Waals surface area contributed by atoms with Gasteiger partial charge in [0.15, 0.2) is 0 Å². The molecule has 0 nitrogen and oxygen atoms in total. The van der Waals surface area contributed by atoms with Crippen molar-refractivity contribution in [2.75, 3.05) is 0 Å². The Balaban J connectivity index is 0.000000227. The Labute approximate surface area is 233 Å². The fourth-order valence-corrected chi connectivity index (χ4v) is 3.90. The van der Waals surface area contributed by atoms with Crippen molar-refractivity contribution < 1.29 is 21.1 Å². The Morgan fingerprint density at radius 1 is 0.303 bits per heavy atom. The normalized spacial score (nSPS) is 11.6. The van der Waals surface area contributed by atoms with E-state index in [4.69, 9.17) is 50.5 Å². The van der Waals surface area contributed by atoms with E-state index >= 15 is 0 Å². The first-order valence-electron chi connectivity index (χ1n) is 9.96. The van der Waals surface area contributed by atoms with Crippen molar-refractivity contribution in [3.05, 3.63) is 144 Å². The molecule has 0 aliphatic carbocycles. The van der Waals surface area contributed by atoms with Crippen LogP contribution in [-0.4, -0.2) is 0 Å². The monoisotopic (exact) mass is 679 g/mol. The molecule has 0 N–H and O–H groups in total. The van der Waals surface area contributed by atoms with E-state index in [1.54, 1.807) is 0 Å². The molecule has 0 unspecified atom stereocenters. The van der Waals surface area contributed by atoms with Gasteiger partial charge in [0.2, 0.25) is 0 Å². The van der Waals surface area contributed by atoms with Gasteiger partial charge < -0.3 is 50.5 Å². The molecule has 0 fully saturated rings. The molecule has 0 saturated carbocycles. The second-order valence-corrected chi connectivity index (χ2v) is 8.41. The Morgan fingerprint density at radius 3 is 0.606 bits per heavy atom. The summed E-state index contributed by atoms with van der Waals surface area (Å²) in [4.78, 5) is 2.95. The zero-order chi connectivity index (χ0) is 22.8. The van der Waals surface area contributed by atoms with E-state index in [0.717, 1.165) is 41.9 Å². The standard InChI is InChI=1S/2C14H12S2.Pt/c2*15-13(11-7-3-1-4-8-11)14(16)12-9-5-2-6-10-12;/h2*1-10,15-16H;/q;;+4/p-4/b2*14-13-;. The van der Waals surface area contributed by atoms with Gasteiger partial charge in [-0.3, -0.25) is 0 Å². The minimum Gasteiger partial charge on any atom is -0.781 e. The smallest absolute Gasteiger partial charge is 0.781 e. The van der Waals surface area contributed by atoms with Crippen LogP contribution in [0, 0.1) is 0 Å². The Morgan fingerprint density at radius 2 is 0.455 bits per heavy atom. The minimum atomic E-state index is 0. The SMILES string of the molecule is [Pt+4].[S-]/C(=C(\[S-])c1ccccc1)c1ccccc1.[S-]/C(=C(\[S-])c1ccccc1)c1ccccc1. The fourth-order valence-electron chi connectivity index (χ4n) is 2.88. The van der Waals surface area contributed by atoms with Crippen molar-refractivity contribution in [3.63, 3.8) is 0 Å². The predicted octanol–water partition coefficient (Wildman–Crippen LogP) is 7.21. The largest absolute Gasteiger partial charge is 4.00 e. The number of hydrogen-bond donors (Lipinski definition) is 0. The van der Waals surface area contributed by atoms with Crippen LogP contribution in [0.15, 0.2) is 121 Å². The third-order valence-electron chi connectivity index (χ3n) is 4.56. The average molecular weight is 680 g/mol. The van der Waals surface area contributed by atoms with Gasteiger partial charge in [0.1, 0.15) is 0 Å². The molecule has 0 atom stereocenters. The van der Waals surface area contributed by atoms with Crippen LogP contribution in [-0.2, 0) is 71.6 Å². The topological polar surface area (TPSA) is 0 Å². The van der Waals surface area contributed by atoms with E-state index in [2.05, 4.69) is 0 Å². The van der Waals surface area contributed by atoms with Crippen LogP contribution in [0.1, 0.15) is 22.3 Å². The third kappa shape index (κ3) is 8.03. The van der Waals surface area contributed by atoms with Gasteiger partial charge in [-0.15, -0.1) is 0 Å². The van der Waals surface area contributed by atoms with Crippen molar-refractivity contribution in [2.45, 2.75) is 0 Å². The van der Waals surface area contributed by atoms with E-state index in [-0.39, 0.29) is 21.1 Å². The van der Waals surface area contributed by atoms with Gasteiger partial charge in [0.05, 0.1) is 0 Å². The van der Waals surface area contributed by atoms with Crippen LogP contribution >= 0.6 is 0 Å². The zero-order valence-corrected chi connectivity index (χ0v) is 23.0. The number of rotatable bonds is 4. The van der Waals surface area contributed by atoms with Crippen LogP contribution in [0.4, 0.5) is 0 Å². The molecule has 0 aromatic heterocycles. The van der Waals surface area contributed by atoms with E-state index in [9.17, 15) is 0 Å². The van der Waals surface area contributed by atoms with Crippen molar-refractivity contribution >= 4 is 70.1 Å². The van der Waals surface area contributed by atoms with Crippen molar-refractivity contribution in [1.82, 2.24) is 0 Å². The molecule has 4 rings (SSSR count). The molecule has 0 aliphatic heterocycles. The molecular formula is C28H20PtS4. The Hall–Kier alpha value is -2.07. The first-order chi connectivity index (χ1) is 15.6. The summed E-state index contributed by atoms with van der Waals surface area (Å²) < 4.78 is 0. The molecule has 0 amide bonds. The average Bonchev–Trinajstić information content (AvgIpc) is 2.89. The predicted molar refractivity (Wildman–Crippen MR) is 149 cm³/mol. The van der Waals surface area contributed by atoms with Gasteiger partial charge in [-0.05, 0) is 22.3 Å². The summed E-state index contributed by atoms with van der Waals surface area (Å²) in [5, 5.41) is 0. The summed E-state index contributed by atoms with van der Waals surface area (Å²) in [5.41, 5.74) is 4.02. The maximum absolute atomic E-state index is 5.38. The van der Waals surface area contributed by atoms with Crippen LogP contribution in [0.5, 0.6) is 0 Å². The van der Waals surface area contributed by atoms with Crippen molar-refractivity contribution in [1.29, 1.82) is 0 Å². The van der Waals surface area contributed by atoms with Crippen LogP contribution in [0.2, 0.25) is 0 Å². The molecule has 0 saturated heterocycles. The molecule has 4 aromatic carbocycles. The van der Waals surface area contributed by atoms with Gasteiger partial charge in [-0.25, -0.2) is 0 Å². The summed E-state index contributed by atoms with van der Waals surface area (Å²) in [6, 6.07) is 39.5. The molecule has 5 heteroatoms. The summed E-state index contributed by atoms with van der Waals surface area (Å²) >= 11 is 21.5. The van der Waals surface area contributed by atoms with E-state index in [0.29, 0.717) is 0 Å². The molecule has 4 aromatic rings. The summed E-state index contributed by atoms with van der Waals surface area (Å²) in [6.07, 6.45) is 0. The first-order valence-corrected chi connectivity index (χ1v) is 11.6. The van der Waals surface area contributed by atoms with Gasteiger partial charge in [0, 0.05) is 0 Å². The summed E-state index contributed by atoms with van der Waals surface area (Å²) in [6.45, 7) is 0. The van der Waals surface area contributed by atoms with Gasteiger partial charge in [-0.1, -0.05) is 121 Å². The number of hydrogen-bond acceptors (Lipinski definition) is 4. The maximum Gasteiger partial charge on any atom is 4.00 e. The third-order valence-corrected chi connectivity index (χ3v) is 6.57. The molecule has 0 spiro atoms. The number of benzene rings is 4. The molecule has 0 aliphatic rings. The maximum atomic E-state index is 5.38. The van der Waals surface area contributed by atoms with E-state index in [1.807, 2.05) is 121 Å². The zero-order valence-electron chi connectivity index (χ0n) is 17.5. The second kappa shape index (κ2) is 14.2. The quantitative estimate of drug-likeness (QED) is 0.165. The first kappa shape index (κ1) is 27.2. The van der Waals surface area contributed by atoms with Gasteiger partial charge in [-0.2, -0.15) is 19.6 Å². The van der Waals surface area contributed by atoms with Crippen molar-refractivity contribution in [2.24, 2.45) is 0 Å². The molecule has 0 heterocycles. The van der Waals surface area contributed by atoms with Crippen LogP contribution in [0.25, 0.3) is 19.6 Å². The Bertz CT molecular complexity index is 982. The van der Waals surface area contributed by atoms with Crippen molar-refractivity contribution in [3.8, 4) is 0 Å². The molecule has 166 valence electrons. The van der Waals surface area contributed by atoms with Gasteiger partial charge in [0.25, 0.3) is 0 Å². The molecular weight excluding hydrogens is 660 g/mol. The van der Waals surface area contributed by atoms with Crippen LogP contribution in [0.3, 0.4) is 0 Å². The van der Waals surface area contributed by atoms with Crippen LogP contribution < -0.4 is 0 Å². The van der Waals surface area contributed by atoms with E-state index in [1.165, 1.54) is 0 Å². The molecule has 0 radical (unpaired) electrons. The Kier molecular flexibility index (Phi) is 11.7. The van der Waals surface area contributed by atoms with Gasteiger partial charge >= 0.3 is 21.1 Å². The minimum absolute atomic E-state index is 0. The molecule has 0 bridgehead atoms.